The van der Waals surface area contributed by atoms with Crippen LogP contribution in [0.5, 0.6) is 0 Å². The molecular formula is C18H17F3N2S. The van der Waals surface area contributed by atoms with E-state index in [4.69, 9.17) is 0 Å². The normalized spacial score (nSPS) is 22.2. The van der Waals surface area contributed by atoms with E-state index in [9.17, 15) is 13.2 Å². The fourth-order valence-electron chi connectivity index (χ4n) is 3.44. The van der Waals surface area contributed by atoms with E-state index >= 15 is 0 Å². The molecule has 1 aromatic rings. The first-order chi connectivity index (χ1) is 11.5. The van der Waals surface area contributed by atoms with Crippen LogP contribution in [0.15, 0.2) is 52.9 Å². The van der Waals surface area contributed by atoms with Crippen molar-refractivity contribution in [3.8, 4) is 0 Å². The average molecular weight is 350 g/mol. The Labute approximate surface area is 143 Å². The van der Waals surface area contributed by atoms with Crippen LogP contribution in [-0.4, -0.2) is 27.9 Å². The first-order valence-electron chi connectivity index (χ1n) is 7.99. The highest BCUT2D eigenvalue weighted by molar-refractivity contribution is 8.03. The molecule has 3 heterocycles. The van der Waals surface area contributed by atoms with E-state index in [1.165, 1.54) is 4.90 Å². The van der Waals surface area contributed by atoms with Crippen molar-refractivity contribution in [1.29, 1.82) is 0 Å². The Morgan fingerprint density at radius 2 is 2.08 bits per heavy atom. The maximum atomic E-state index is 13.9. The highest BCUT2D eigenvalue weighted by Crippen LogP contribution is 2.52. The second kappa shape index (κ2) is 5.69. The Morgan fingerprint density at radius 3 is 2.71 bits per heavy atom. The molecule has 0 spiro atoms. The minimum Gasteiger partial charge on any atom is -0.328 e. The number of pyridine rings is 1. The first-order valence-corrected chi connectivity index (χ1v) is 8.97. The van der Waals surface area contributed by atoms with E-state index in [0.29, 0.717) is 24.2 Å². The molecule has 1 aliphatic carbocycles. The van der Waals surface area contributed by atoms with Gasteiger partial charge in [-0.05, 0) is 55.5 Å². The number of fused-ring (bicyclic) bond motifs is 1. The molecule has 0 aromatic carbocycles. The van der Waals surface area contributed by atoms with Crippen LogP contribution in [0.25, 0.3) is 5.70 Å². The third-order valence-electron chi connectivity index (χ3n) is 4.61. The van der Waals surface area contributed by atoms with Crippen molar-refractivity contribution in [3.63, 3.8) is 0 Å². The predicted molar refractivity (Wildman–Crippen MR) is 89.9 cm³/mol. The highest BCUT2D eigenvalue weighted by Gasteiger charge is 2.54. The van der Waals surface area contributed by atoms with Gasteiger partial charge >= 0.3 is 6.18 Å². The van der Waals surface area contributed by atoms with E-state index in [-0.39, 0.29) is 5.92 Å². The second-order valence-corrected chi connectivity index (χ2v) is 7.41. The summed E-state index contributed by atoms with van der Waals surface area (Å²) in [6, 6.07) is 2.13. The number of aromatic nitrogens is 1. The number of nitrogens with zero attached hydrogens (tertiary/aromatic N) is 2. The molecule has 3 aliphatic rings. The fraction of sp³-hybridized carbons (Fsp3) is 0.389. The Kier molecular flexibility index (Phi) is 3.75. The molecule has 1 atom stereocenters. The molecule has 1 fully saturated rings. The highest BCUT2D eigenvalue weighted by atomic mass is 32.2. The van der Waals surface area contributed by atoms with Gasteiger partial charge in [0.1, 0.15) is 6.04 Å². The Hall–Kier alpha value is -1.69. The van der Waals surface area contributed by atoms with Gasteiger partial charge in [-0.15, -0.1) is 11.8 Å². The monoisotopic (exact) mass is 350 g/mol. The number of hydrogen-bond acceptors (Lipinski definition) is 3. The maximum absolute atomic E-state index is 13.9. The second-order valence-electron chi connectivity index (χ2n) is 6.38. The van der Waals surface area contributed by atoms with Gasteiger partial charge in [0, 0.05) is 28.6 Å². The van der Waals surface area contributed by atoms with Crippen LogP contribution >= 0.6 is 11.8 Å². The van der Waals surface area contributed by atoms with E-state index in [1.54, 1.807) is 30.2 Å². The van der Waals surface area contributed by atoms with Gasteiger partial charge in [0.25, 0.3) is 0 Å². The van der Waals surface area contributed by atoms with Gasteiger partial charge in [-0.2, -0.15) is 13.2 Å². The molecule has 2 nitrogen and oxygen atoms in total. The van der Waals surface area contributed by atoms with Crippen molar-refractivity contribution in [2.75, 3.05) is 5.75 Å². The van der Waals surface area contributed by atoms with Crippen LogP contribution in [0.4, 0.5) is 13.2 Å². The van der Waals surface area contributed by atoms with E-state index in [2.05, 4.69) is 4.98 Å². The predicted octanol–water partition coefficient (Wildman–Crippen LogP) is 4.98. The molecule has 1 saturated carbocycles. The number of rotatable bonds is 3. The summed E-state index contributed by atoms with van der Waals surface area (Å²) in [4.78, 5) is 6.59. The standard InChI is InChI=1S/C18H17F3N2S/c1-11-9-15(13-3-2-7-22-10-13)23(14-6-8-24-16(11)14)17(12-4-5-12)18(19,20)21/h2-3,6-7,9-10,12,17H,4-5,8H2,1H3. The molecule has 24 heavy (non-hydrogen) atoms. The number of thioether (sulfide) groups is 1. The van der Waals surface area contributed by atoms with E-state index < -0.39 is 12.2 Å². The van der Waals surface area contributed by atoms with Crippen molar-refractivity contribution < 1.29 is 13.2 Å². The van der Waals surface area contributed by atoms with Crippen LogP contribution in [0.2, 0.25) is 0 Å². The van der Waals surface area contributed by atoms with E-state index in [1.807, 2.05) is 25.1 Å². The lowest BCUT2D eigenvalue weighted by atomic mass is 9.98. The third-order valence-corrected chi connectivity index (χ3v) is 5.76. The minimum atomic E-state index is -4.26. The average Bonchev–Trinajstić information content (AvgIpc) is 3.23. The van der Waals surface area contributed by atoms with Gasteiger partial charge in [0.05, 0.1) is 11.4 Å². The van der Waals surface area contributed by atoms with Crippen molar-refractivity contribution in [3.05, 3.63) is 58.4 Å². The topological polar surface area (TPSA) is 16.1 Å². The zero-order chi connectivity index (χ0) is 16.9. The van der Waals surface area contributed by atoms with Crippen molar-refractivity contribution in [2.45, 2.75) is 32.0 Å². The molecule has 0 radical (unpaired) electrons. The van der Waals surface area contributed by atoms with Crippen LogP contribution in [0.3, 0.4) is 0 Å². The fourth-order valence-corrected chi connectivity index (χ4v) is 4.46. The van der Waals surface area contributed by atoms with Gasteiger partial charge < -0.3 is 4.90 Å². The summed E-state index contributed by atoms with van der Waals surface area (Å²) in [6.07, 6.45) is 4.10. The number of hydrogen-bond donors (Lipinski definition) is 0. The minimum absolute atomic E-state index is 0.323. The molecule has 0 amide bonds. The summed E-state index contributed by atoms with van der Waals surface area (Å²) in [5.41, 5.74) is 3.07. The molecular weight excluding hydrogens is 333 g/mol. The summed E-state index contributed by atoms with van der Waals surface area (Å²) in [5.74, 6) is 0.401. The van der Waals surface area contributed by atoms with Crippen LogP contribution in [-0.2, 0) is 0 Å². The first kappa shape index (κ1) is 15.8. The lowest BCUT2D eigenvalue weighted by molar-refractivity contribution is -0.176. The van der Waals surface area contributed by atoms with Crippen molar-refractivity contribution in [1.82, 2.24) is 9.88 Å². The van der Waals surface area contributed by atoms with Gasteiger partial charge in [0.2, 0.25) is 0 Å². The van der Waals surface area contributed by atoms with Gasteiger partial charge in [-0.3, -0.25) is 4.98 Å². The molecule has 6 heteroatoms. The molecule has 4 rings (SSSR count). The Morgan fingerprint density at radius 1 is 1.29 bits per heavy atom. The zero-order valence-electron chi connectivity index (χ0n) is 13.2. The van der Waals surface area contributed by atoms with Gasteiger partial charge in [0.15, 0.2) is 0 Å². The molecule has 1 aromatic heterocycles. The molecule has 0 N–H and O–H groups in total. The maximum Gasteiger partial charge on any atom is 0.409 e. The third kappa shape index (κ3) is 2.66. The van der Waals surface area contributed by atoms with E-state index in [0.717, 1.165) is 21.8 Å². The largest absolute Gasteiger partial charge is 0.409 e. The molecule has 126 valence electrons. The number of alkyl halides is 3. The summed E-state index contributed by atoms with van der Waals surface area (Å²) in [6.45, 7) is 1.97. The molecule has 0 saturated heterocycles. The van der Waals surface area contributed by atoms with Crippen LogP contribution in [0, 0.1) is 5.92 Å². The number of halogens is 3. The summed E-state index contributed by atoms with van der Waals surface area (Å²) in [7, 11) is 0. The van der Waals surface area contributed by atoms with Crippen molar-refractivity contribution >= 4 is 17.5 Å². The lowest BCUT2D eigenvalue weighted by Crippen LogP contribution is -2.46. The smallest absolute Gasteiger partial charge is 0.328 e. The summed E-state index contributed by atoms with van der Waals surface area (Å²) >= 11 is 1.61. The quantitative estimate of drug-likeness (QED) is 0.764. The zero-order valence-corrected chi connectivity index (χ0v) is 14.0. The Bertz CT molecular complexity index is 745. The van der Waals surface area contributed by atoms with Gasteiger partial charge in [-0.25, -0.2) is 0 Å². The molecule has 0 bridgehead atoms. The van der Waals surface area contributed by atoms with Crippen LogP contribution < -0.4 is 0 Å². The molecule has 2 aliphatic heterocycles. The SMILES string of the molecule is CC1=C2SCC=C2N(C(C2CC2)C(F)(F)F)C(c2cccnc2)=C1. The lowest BCUT2D eigenvalue weighted by Gasteiger charge is -2.40. The summed E-state index contributed by atoms with van der Waals surface area (Å²) in [5, 5.41) is 0. The van der Waals surface area contributed by atoms with Crippen LogP contribution in [0.1, 0.15) is 25.3 Å². The number of allylic oxidation sites excluding steroid dienone is 2. The molecule has 1 unspecified atom stereocenters. The summed E-state index contributed by atoms with van der Waals surface area (Å²) < 4.78 is 41.7. The Balaban J connectivity index is 1.87. The van der Waals surface area contributed by atoms with Crippen molar-refractivity contribution in [2.24, 2.45) is 5.92 Å². The van der Waals surface area contributed by atoms with Gasteiger partial charge in [-0.1, -0.05) is 0 Å².